The second kappa shape index (κ2) is 6.12. The van der Waals surface area contributed by atoms with E-state index < -0.39 is 0 Å². The third-order valence-corrected chi connectivity index (χ3v) is 3.51. The maximum absolute atomic E-state index is 6.26. The molecule has 0 saturated carbocycles. The van der Waals surface area contributed by atoms with Crippen LogP contribution in [0, 0.1) is 6.92 Å². The summed E-state index contributed by atoms with van der Waals surface area (Å²) in [6.45, 7) is 1.93. The van der Waals surface area contributed by atoms with Gasteiger partial charge in [-0.05, 0) is 25.1 Å². The predicted octanol–water partition coefficient (Wildman–Crippen LogP) is 4.18. The normalized spacial score (nSPS) is 10.5. The van der Waals surface area contributed by atoms with E-state index in [-0.39, 0.29) is 0 Å². The fourth-order valence-corrected chi connectivity index (χ4v) is 2.35. The predicted molar refractivity (Wildman–Crippen MR) is 87.0 cm³/mol. The van der Waals surface area contributed by atoms with Gasteiger partial charge in [0.1, 0.15) is 5.69 Å². The molecule has 0 atom stereocenters. The molecule has 5 heteroatoms. The van der Waals surface area contributed by atoms with Gasteiger partial charge in [-0.3, -0.25) is 0 Å². The van der Waals surface area contributed by atoms with Gasteiger partial charge in [0.2, 0.25) is 5.88 Å². The van der Waals surface area contributed by atoms with Crippen LogP contribution in [0.15, 0.2) is 48.5 Å². The van der Waals surface area contributed by atoms with Gasteiger partial charge in [-0.1, -0.05) is 35.9 Å². The smallest absolute Gasteiger partial charge is 0.217 e. The minimum atomic E-state index is 0.475. The van der Waals surface area contributed by atoms with Gasteiger partial charge >= 0.3 is 0 Å². The summed E-state index contributed by atoms with van der Waals surface area (Å²) in [5.41, 5.74) is 3.14. The molecule has 22 heavy (non-hydrogen) atoms. The Balaban J connectivity index is 2.17. The molecule has 0 aliphatic heterocycles. The zero-order valence-electron chi connectivity index (χ0n) is 12.2. The van der Waals surface area contributed by atoms with Crippen LogP contribution < -0.4 is 4.74 Å². The second-order valence-electron chi connectivity index (χ2n) is 4.76. The molecular weight excluding hydrogens is 298 g/mol. The summed E-state index contributed by atoms with van der Waals surface area (Å²) >= 11 is 6.26. The Morgan fingerprint density at radius 3 is 2.45 bits per heavy atom. The van der Waals surface area contributed by atoms with E-state index in [4.69, 9.17) is 16.3 Å². The molecule has 0 fully saturated rings. The molecule has 0 N–H and O–H groups in total. The lowest BCUT2D eigenvalue weighted by molar-refractivity contribution is 0.397. The number of aromatic nitrogens is 3. The van der Waals surface area contributed by atoms with Crippen LogP contribution in [0.3, 0.4) is 0 Å². The third kappa shape index (κ3) is 2.92. The van der Waals surface area contributed by atoms with Gasteiger partial charge in [0.25, 0.3) is 0 Å². The van der Waals surface area contributed by atoms with Gasteiger partial charge in [-0.15, -0.1) is 0 Å². The van der Waals surface area contributed by atoms with Crippen molar-refractivity contribution in [3.05, 3.63) is 59.2 Å². The van der Waals surface area contributed by atoms with E-state index in [2.05, 4.69) is 15.0 Å². The van der Waals surface area contributed by atoms with Gasteiger partial charge < -0.3 is 4.74 Å². The molecule has 3 aromatic rings. The number of pyridine rings is 1. The van der Waals surface area contributed by atoms with Crippen LogP contribution in [0.5, 0.6) is 5.88 Å². The highest BCUT2D eigenvalue weighted by atomic mass is 35.5. The van der Waals surface area contributed by atoms with Crippen molar-refractivity contribution < 1.29 is 4.74 Å². The highest BCUT2D eigenvalue weighted by Crippen LogP contribution is 2.29. The topological polar surface area (TPSA) is 47.9 Å². The molecule has 2 aromatic heterocycles. The Morgan fingerprint density at radius 2 is 1.73 bits per heavy atom. The van der Waals surface area contributed by atoms with E-state index in [0.29, 0.717) is 28.1 Å². The van der Waals surface area contributed by atoms with Crippen LogP contribution in [-0.2, 0) is 0 Å². The molecule has 3 rings (SSSR count). The quantitative estimate of drug-likeness (QED) is 0.728. The van der Waals surface area contributed by atoms with E-state index in [9.17, 15) is 0 Å². The van der Waals surface area contributed by atoms with Crippen LogP contribution in [0.4, 0.5) is 0 Å². The molecule has 110 valence electrons. The molecule has 4 nitrogen and oxygen atoms in total. The first-order chi connectivity index (χ1) is 10.7. The van der Waals surface area contributed by atoms with Crippen LogP contribution >= 0.6 is 11.6 Å². The van der Waals surface area contributed by atoms with Crippen molar-refractivity contribution in [2.45, 2.75) is 6.92 Å². The van der Waals surface area contributed by atoms with E-state index in [1.165, 1.54) is 0 Å². The second-order valence-corrected chi connectivity index (χ2v) is 5.17. The minimum Gasteiger partial charge on any atom is -0.481 e. The monoisotopic (exact) mass is 311 g/mol. The summed E-state index contributed by atoms with van der Waals surface area (Å²) in [5, 5.41) is 0.631. The molecule has 0 amide bonds. The molecule has 0 bridgehead atoms. The molecule has 0 aliphatic rings. The van der Waals surface area contributed by atoms with Crippen molar-refractivity contribution in [2.75, 3.05) is 7.11 Å². The molecule has 0 unspecified atom stereocenters. The van der Waals surface area contributed by atoms with Crippen LogP contribution in [0.1, 0.15) is 5.69 Å². The summed E-state index contributed by atoms with van der Waals surface area (Å²) < 4.78 is 5.29. The fourth-order valence-electron chi connectivity index (χ4n) is 2.12. The van der Waals surface area contributed by atoms with Crippen LogP contribution in [-0.4, -0.2) is 22.1 Å². The fraction of sp³-hybridized carbons (Fsp3) is 0.118. The van der Waals surface area contributed by atoms with Gasteiger partial charge in [0.05, 0.1) is 12.8 Å². The lowest BCUT2D eigenvalue weighted by atomic mass is 10.1. The van der Waals surface area contributed by atoms with Gasteiger partial charge in [-0.2, -0.15) is 4.98 Å². The number of ether oxygens (including phenoxy) is 1. The Morgan fingerprint density at radius 1 is 0.909 bits per heavy atom. The average molecular weight is 312 g/mol. The molecular formula is C17H14ClN3O. The maximum Gasteiger partial charge on any atom is 0.217 e. The standard InChI is InChI=1S/C17H14ClN3O/c1-11-6-5-9-14(19-11)17-20-15(10-16(21-17)22-2)12-7-3-4-8-13(12)18/h3-10H,1-2H3. The van der Waals surface area contributed by atoms with E-state index in [0.717, 1.165) is 11.3 Å². The zero-order chi connectivity index (χ0) is 15.5. The summed E-state index contributed by atoms with van der Waals surface area (Å²) in [6, 6.07) is 15.0. The first-order valence-corrected chi connectivity index (χ1v) is 7.17. The van der Waals surface area contributed by atoms with Crippen molar-refractivity contribution in [2.24, 2.45) is 0 Å². The summed E-state index contributed by atoms with van der Waals surface area (Å²) in [5.74, 6) is 0.987. The molecule has 0 saturated heterocycles. The number of nitrogens with zero attached hydrogens (tertiary/aromatic N) is 3. The van der Waals surface area contributed by atoms with Crippen molar-refractivity contribution in [3.63, 3.8) is 0 Å². The van der Waals surface area contributed by atoms with E-state index >= 15 is 0 Å². The van der Waals surface area contributed by atoms with Crippen LogP contribution in [0.25, 0.3) is 22.8 Å². The van der Waals surface area contributed by atoms with E-state index in [1.807, 2.05) is 49.4 Å². The Bertz CT molecular complexity index is 821. The van der Waals surface area contributed by atoms with Crippen molar-refractivity contribution in [1.29, 1.82) is 0 Å². The van der Waals surface area contributed by atoms with Gasteiger partial charge in [-0.25, -0.2) is 9.97 Å². The van der Waals surface area contributed by atoms with Crippen molar-refractivity contribution in [3.8, 4) is 28.7 Å². The first-order valence-electron chi connectivity index (χ1n) is 6.79. The highest BCUT2D eigenvalue weighted by Gasteiger charge is 2.12. The van der Waals surface area contributed by atoms with Gasteiger partial charge in [0, 0.05) is 22.3 Å². The Labute approximate surface area is 133 Å². The van der Waals surface area contributed by atoms with E-state index in [1.54, 1.807) is 13.2 Å². The van der Waals surface area contributed by atoms with Crippen LogP contribution in [0.2, 0.25) is 5.02 Å². The lowest BCUT2D eigenvalue weighted by Crippen LogP contribution is -1.98. The molecule has 0 radical (unpaired) electrons. The zero-order valence-corrected chi connectivity index (χ0v) is 13.0. The largest absolute Gasteiger partial charge is 0.481 e. The lowest BCUT2D eigenvalue weighted by Gasteiger charge is -2.08. The molecule has 2 heterocycles. The number of rotatable bonds is 3. The third-order valence-electron chi connectivity index (χ3n) is 3.18. The summed E-state index contributed by atoms with van der Waals surface area (Å²) in [4.78, 5) is 13.4. The number of benzene rings is 1. The summed E-state index contributed by atoms with van der Waals surface area (Å²) in [6.07, 6.45) is 0. The molecule has 1 aromatic carbocycles. The number of aryl methyl sites for hydroxylation is 1. The number of halogens is 1. The summed E-state index contributed by atoms with van der Waals surface area (Å²) in [7, 11) is 1.58. The number of hydrogen-bond acceptors (Lipinski definition) is 4. The number of hydrogen-bond donors (Lipinski definition) is 0. The SMILES string of the molecule is COc1cc(-c2ccccc2Cl)nc(-c2cccc(C)n2)n1. The van der Waals surface area contributed by atoms with Crippen molar-refractivity contribution >= 4 is 11.6 Å². The van der Waals surface area contributed by atoms with Crippen molar-refractivity contribution in [1.82, 2.24) is 15.0 Å². The highest BCUT2D eigenvalue weighted by molar-refractivity contribution is 6.33. The number of methoxy groups -OCH3 is 1. The first kappa shape index (κ1) is 14.5. The maximum atomic E-state index is 6.26. The average Bonchev–Trinajstić information content (AvgIpc) is 2.55. The van der Waals surface area contributed by atoms with Gasteiger partial charge in [0.15, 0.2) is 5.82 Å². The Kier molecular flexibility index (Phi) is 4.02. The molecule has 0 spiro atoms. The molecule has 0 aliphatic carbocycles. The Hall–Kier alpha value is -2.46. The minimum absolute atomic E-state index is 0.475.